The van der Waals surface area contributed by atoms with Crippen LogP contribution in [-0.2, 0) is 10.9 Å². The molecule has 0 spiro atoms. The number of rotatable bonds is 9. The van der Waals surface area contributed by atoms with Crippen molar-refractivity contribution in [1.82, 2.24) is 14.9 Å². The number of oxazole rings is 1. The van der Waals surface area contributed by atoms with Gasteiger partial charge in [-0.2, -0.15) is 13.2 Å². The molecule has 2 aromatic heterocycles. The lowest BCUT2D eigenvalue weighted by molar-refractivity contribution is -0.153. The van der Waals surface area contributed by atoms with E-state index in [4.69, 9.17) is 9.15 Å². The Morgan fingerprint density at radius 2 is 1.77 bits per heavy atom. The SMILES string of the molecule is CCCCCCOC(=O)N1CCN(c2ccc(NC(=O)c3nc(-c4ccccc4)oc3C(F)(F)F)cn2)CC1. The molecular formula is C27H30F3N5O4. The molecule has 0 aliphatic carbocycles. The molecule has 0 atom stereocenters. The molecule has 208 valence electrons. The summed E-state index contributed by atoms with van der Waals surface area (Å²) < 4.78 is 50.9. The van der Waals surface area contributed by atoms with Gasteiger partial charge in [-0.15, -0.1) is 0 Å². The van der Waals surface area contributed by atoms with E-state index in [0.29, 0.717) is 44.2 Å². The number of amides is 2. The van der Waals surface area contributed by atoms with Crippen molar-refractivity contribution >= 4 is 23.5 Å². The van der Waals surface area contributed by atoms with Crippen LogP contribution in [-0.4, -0.2) is 59.7 Å². The van der Waals surface area contributed by atoms with Gasteiger partial charge in [0.15, 0.2) is 5.69 Å². The first-order valence-corrected chi connectivity index (χ1v) is 12.8. The van der Waals surface area contributed by atoms with E-state index in [2.05, 4.69) is 22.2 Å². The molecule has 0 radical (unpaired) electrons. The van der Waals surface area contributed by atoms with Crippen LogP contribution < -0.4 is 10.2 Å². The number of anilines is 2. The van der Waals surface area contributed by atoms with Gasteiger partial charge in [-0.1, -0.05) is 44.4 Å². The van der Waals surface area contributed by atoms with Crippen LogP contribution in [0, 0.1) is 0 Å². The summed E-state index contributed by atoms with van der Waals surface area (Å²) >= 11 is 0. The lowest BCUT2D eigenvalue weighted by Crippen LogP contribution is -2.49. The van der Waals surface area contributed by atoms with Gasteiger partial charge >= 0.3 is 12.3 Å². The summed E-state index contributed by atoms with van der Waals surface area (Å²) in [6.45, 7) is 4.57. The van der Waals surface area contributed by atoms with Crippen molar-refractivity contribution in [2.24, 2.45) is 0 Å². The zero-order chi connectivity index (χ0) is 27.8. The number of aromatic nitrogens is 2. The summed E-state index contributed by atoms with van der Waals surface area (Å²) in [5.41, 5.74) is -0.348. The average molecular weight is 546 g/mol. The molecule has 1 aliphatic heterocycles. The van der Waals surface area contributed by atoms with Gasteiger partial charge in [0.1, 0.15) is 5.82 Å². The minimum Gasteiger partial charge on any atom is -0.449 e. The molecule has 2 amide bonds. The summed E-state index contributed by atoms with van der Waals surface area (Å²) in [4.78, 5) is 36.8. The van der Waals surface area contributed by atoms with Gasteiger partial charge in [-0.3, -0.25) is 4.79 Å². The molecule has 0 saturated carbocycles. The fourth-order valence-corrected chi connectivity index (χ4v) is 4.11. The molecule has 9 nitrogen and oxygen atoms in total. The maximum Gasteiger partial charge on any atom is 0.452 e. The summed E-state index contributed by atoms with van der Waals surface area (Å²) in [6, 6.07) is 11.2. The molecule has 1 aliphatic rings. The number of ether oxygens (including phenoxy) is 1. The monoisotopic (exact) mass is 545 g/mol. The van der Waals surface area contributed by atoms with Crippen LogP contribution in [0.2, 0.25) is 0 Å². The Labute approximate surface area is 224 Å². The molecule has 12 heteroatoms. The lowest BCUT2D eigenvalue weighted by Gasteiger charge is -2.34. The van der Waals surface area contributed by atoms with Crippen molar-refractivity contribution in [3.8, 4) is 11.5 Å². The normalized spacial score (nSPS) is 13.8. The number of hydrogen-bond donors (Lipinski definition) is 1. The molecule has 3 heterocycles. The number of benzene rings is 1. The first-order valence-electron chi connectivity index (χ1n) is 12.8. The van der Waals surface area contributed by atoms with Crippen molar-refractivity contribution in [3.05, 3.63) is 60.1 Å². The van der Waals surface area contributed by atoms with Crippen molar-refractivity contribution in [1.29, 1.82) is 0 Å². The van der Waals surface area contributed by atoms with Crippen LogP contribution in [0.25, 0.3) is 11.5 Å². The smallest absolute Gasteiger partial charge is 0.449 e. The van der Waals surface area contributed by atoms with E-state index in [-0.39, 0.29) is 17.7 Å². The Kier molecular flexibility index (Phi) is 9.05. The van der Waals surface area contributed by atoms with Gasteiger partial charge in [0.2, 0.25) is 11.7 Å². The van der Waals surface area contributed by atoms with Gasteiger partial charge in [0.05, 0.1) is 18.5 Å². The topological polar surface area (TPSA) is 101 Å². The van der Waals surface area contributed by atoms with E-state index in [1.165, 1.54) is 18.3 Å². The highest BCUT2D eigenvalue weighted by Gasteiger charge is 2.42. The minimum absolute atomic E-state index is 0.200. The highest BCUT2D eigenvalue weighted by molar-refractivity contribution is 6.04. The third-order valence-electron chi connectivity index (χ3n) is 6.21. The first kappa shape index (κ1) is 27.9. The van der Waals surface area contributed by atoms with Crippen LogP contribution in [0.1, 0.15) is 48.9 Å². The zero-order valence-corrected chi connectivity index (χ0v) is 21.5. The lowest BCUT2D eigenvalue weighted by atomic mass is 10.2. The summed E-state index contributed by atoms with van der Waals surface area (Å²) in [5, 5.41) is 2.41. The number of carbonyl (C=O) groups excluding carboxylic acids is 2. The number of piperazine rings is 1. The Morgan fingerprint density at radius 1 is 1.03 bits per heavy atom. The fourth-order valence-electron chi connectivity index (χ4n) is 4.11. The third-order valence-corrected chi connectivity index (χ3v) is 6.21. The molecule has 1 fully saturated rings. The van der Waals surface area contributed by atoms with Crippen LogP contribution >= 0.6 is 0 Å². The summed E-state index contributed by atoms with van der Waals surface area (Å²) in [7, 11) is 0. The molecule has 39 heavy (non-hydrogen) atoms. The largest absolute Gasteiger partial charge is 0.452 e. The number of carbonyl (C=O) groups is 2. The number of pyridine rings is 1. The van der Waals surface area contributed by atoms with Gasteiger partial charge in [0, 0.05) is 31.7 Å². The number of nitrogens with one attached hydrogen (secondary N) is 1. The van der Waals surface area contributed by atoms with E-state index in [0.717, 1.165) is 25.7 Å². The summed E-state index contributed by atoms with van der Waals surface area (Å²) in [5.74, 6) is -2.23. The summed E-state index contributed by atoms with van der Waals surface area (Å²) in [6.07, 6.45) is 0.265. The number of alkyl halides is 3. The Balaban J connectivity index is 1.34. The van der Waals surface area contributed by atoms with E-state index in [1.807, 2.05) is 4.90 Å². The van der Waals surface area contributed by atoms with Gasteiger partial charge in [-0.05, 0) is 30.7 Å². The molecule has 0 unspecified atom stereocenters. The third kappa shape index (κ3) is 7.27. The molecular weight excluding hydrogens is 515 g/mol. The van der Waals surface area contributed by atoms with E-state index in [9.17, 15) is 22.8 Å². The number of hydrogen-bond acceptors (Lipinski definition) is 7. The van der Waals surface area contributed by atoms with Crippen LogP contribution in [0.15, 0.2) is 53.1 Å². The molecule has 4 rings (SSSR count). The molecule has 1 saturated heterocycles. The minimum atomic E-state index is -4.90. The quantitative estimate of drug-likeness (QED) is 0.337. The van der Waals surface area contributed by atoms with Crippen molar-refractivity contribution in [2.75, 3.05) is 43.0 Å². The van der Waals surface area contributed by atoms with Crippen molar-refractivity contribution < 1.29 is 31.9 Å². The zero-order valence-electron chi connectivity index (χ0n) is 21.5. The Bertz CT molecular complexity index is 1240. The number of unbranched alkanes of at least 4 members (excludes halogenated alkanes) is 3. The second kappa shape index (κ2) is 12.6. The highest BCUT2D eigenvalue weighted by atomic mass is 19.4. The molecule has 3 aromatic rings. The van der Waals surface area contributed by atoms with Crippen LogP contribution in [0.3, 0.4) is 0 Å². The molecule has 1 N–H and O–H groups in total. The van der Waals surface area contributed by atoms with Gasteiger partial charge < -0.3 is 24.3 Å². The number of halogens is 3. The second-order valence-corrected chi connectivity index (χ2v) is 9.07. The maximum atomic E-state index is 13.6. The fraction of sp³-hybridized carbons (Fsp3) is 0.407. The van der Waals surface area contributed by atoms with Crippen LogP contribution in [0.4, 0.5) is 29.5 Å². The van der Waals surface area contributed by atoms with Crippen molar-refractivity contribution in [3.63, 3.8) is 0 Å². The molecule has 1 aromatic carbocycles. The predicted octanol–water partition coefficient (Wildman–Crippen LogP) is 5.85. The van der Waals surface area contributed by atoms with E-state index in [1.54, 1.807) is 35.2 Å². The van der Waals surface area contributed by atoms with Crippen LogP contribution in [0.5, 0.6) is 0 Å². The predicted molar refractivity (Wildman–Crippen MR) is 138 cm³/mol. The van der Waals surface area contributed by atoms with Gasteiger partial charge in [0.25, 0.3) is 5.91 Å². The van der Waals surface area contributed by atoms with E-state index >= 15 is 0 Å². The maximum absolute atomic E-state index is 13.6. The Hall–Kier alpha value is -4.09. The van der Waals surface area contributed by atoms with E-state index < -0.39 is 23.5 Å². The van der Waals surface area contributed by atoms with Crippen molar-refractivity contribution in [2.45, 2.75) is 38.8 Å². The second-order valence-electron chi connectivity index (χ2n) is 9.07. The standard InChI is InChI=1S/C27H30F3N5O4/c1-2-3-4-8-17-38-26(37)35-15-13-34(14-16-35)21-12-11-20(18-31-21)32-24(36)22-23(27(28,29)30)39-25(33-22)19-9-6-5-7-10-19/h5-7,9-12,18H,2-4,8,13-17H2,1H3,(H,32,36). The average Bonchev–Trinajstić information content (AvgIpc) is 3.41. The highest BCUT2D eigenvalue weighted by Crippen LogP contribution is 2.35. The first-order chi connectivity index (χ1) is 18.8. The molecule has 0 bridgehead atoms. The Morgan fingerprint density at radius 3 is 2.41 bits per heavy atom. The number of nitrogens with zero attached hydrogens (tertiary/aromatic N) is 4. The van der Waals surface area contributed by atoms with Gasteiger partial charge in [-0.25, -0.2) is 14.8 Å².